The van der Waals surface area contributed by atoms with Gasteiger partial charge in [0.25, 0.3) is 5.91 Å². The fourth-order valence-electron chi connectivity index (χ4n) is 4.10. The van der Waals surface area contributed by atoms with Crippen molar-refractivity contribution in [3.63, 3.8) is 0 Å². The van der Waals surface area contributed by atoms with Gasteiger partial charge in [-0.1, -0.05) is 25.8 Å². The van der Waals surface area contributed by atoms with E-state index < -0.39 is 10.0 Å². The second kappa shape index (κ2) is 8.71. The second-order valence-corrected chi connectivity index (χ2v) is 9.13. The highest BCUT2D eigenvalue weighted by molar-refractivity contribution is 7.89. The minimum atomic E-state index is -3.63. The van der Waals surface area contributed by atoms with E-state index in [1.165, 1.54) is 4.31 Å². The Morgan fingerprint density at radius 2 is 1.85 bits per heavy atom. The number of carbonyl (C=O) groups is 1. The summed E-state index contributed by atoms with van der Waals surface area (Å²) in [6.07, 6.45) is 4.98. The molecule has 150 valence electrons. The minimum absolute atomic E-state index is 0.0644. The maximum atomic E-state index is 13.2. The summed E-state index contributed by atoms with van der Waals surface area (Å²) in [7, 11) is -3.63. The van der Waals surface area contributed by atoms with Gasteiger partial charge in [0.1, 0.15) is 0 Å². The molecule has 1 saturated heterocycles. The van der Waals surface area contributed by atoms with Crippen molar-refractivity contribution in [3.05, 3.63) is 29.3 Å². The first-order valence-corrected chi connectivity index (χ1v) is 11.4. The van der Waals surface area contributed by atoms with Crippen LogP contribution in [0.4, 0.5) is 0 Å². The number of hydrogen-bond donors (Lipinski definition) is 0. The fourth-order valence-corrected chi connectivity index (χ4v) is 5.82. The lowest BCUT2D eigenvalue weighted by atomic mass is 10.1. The first-order chi connectivity index (χ1) is 13.0. The van der Waals surface area contributed by atoms with Crippen LogP contribution in [0.2, 0.25) is 0 Å². The Hall–Kier alpha value is -1.44. The number of ether oxygens (including phenoxy) is 1. The van der Waals surface area contributed by atoms with Gasteiger partial charge < -0.3 is 9.64 Å². The molecule has 0 spiro atoms. The molecule has 1 aliphatic heterocycles. The predicted molar refractivity (Wildman–Crippen MR) is 104 cm³/mol. The fraction of sp³-hybridized carbons (Fsp3) is 0.650. The van der Waals surface area contributed by atoms with Crippen LogP contribution in [0.15, 0.2) is 23.1 Å². The van der Waals surface area contributed by atoms with Crippen LogP contribution in [0.25, 0.3) is 0 Å². The Bertz CT molecular complexity index is 766. The largest absolute Gasteiger partial charge is 0.379 e. The molecule has 7 heteroatoms. The van der Waals surface area contributed by atoms with Crippen LogP contribution in [-0.2, 0) is 21.2 Å². The lowest BCUT2D eigenvalue weighted by Crippen LogP contribution is -2.41. The quantitative estimate of drug-likeness (QED) is 0.744. The van der Waals surface area contributed by atoms with Gasteiger partial charge in [-0.3, -0.25) is 4.79 Å². The number of carbonyl (C=O) groups excluding carboxylic acids is 1. The summed E-state index contributed by atoms with van der Waals surface area (Å²) in [5.41, 5.74) is 1.22. The Balaban J connectivity index is 1.94. The molecule has 0 aromatic heterocycles. The summed E-state index contributed by atoms with van der Waals surface area (Å²) in [6.45, 7) is 6.09. The predicted octanol–water partition coefficient (Wildman–Crippen LogP) is 2.67. The zero-order valence-corrected chi connectivity index (χ0v) is 17.1. The van der Waals surface area contributed by atoms with Crippen LogP contribution in [0.1, 0.15) is 55.5 Å². The normalized spacial score (nSPS) is 19.3. The molecular formula is C20H30N2O4S. The molecule has 3 rings (SSSR count). The zero-order valence-electron chi connectivity index (χ0n) is 16.3. The van der Waals surface area contributed by atoms with Crippen molar-refractivity contribution in [2.45, 2.75) is 56.9 Å². The molecule has 1 aliphatic carbocycles. The third-order valence-electron chi connectivity index (χ3n) is 5.65. The van der Waals surface area contributed by atoms with Crippen molar-refractivity contribution in [1.29, 1.82) is 0 Å². The van der Waals surface area contributed by atoms with Gasteiger partial charge in [-0.05, 0) is 43.9 Å². The molecule has 0 N–H and O–H groups in total. The van der Waals surface area contributed by atoms with Crippen molar-refractivity contribution in [2.75, 3.05) is 32.8 Å². The van der Waals surface area contributed by atoms with Crippen LogP contribution in [-0.4, -0.2) is 62.4 Å². The van der Waals surface area contributed by atoms with E-state index in [0.29, 0.717) is 44.8 Å². The molecule has 0 radical (unpaired) electrons. The monoisotopic (exact) mass is 394 g/mol. The molecule has 1 amide bonds. The van der Waals surface area contributed by atoms with E-state index in [-0.39, 0.29) is 16.8 Å². The first kappa shape index (κ1) is 20.3. The lowest BCUT2D eigenvalue weighted by molar-refractivity contribution is 0.0692. The van der Waals surface area contributed by atoms with Gasteiger partial charge >= 0.3 is 0 Å². The Kier molecular flexibility index (Phi) is 6.55. The molecule has 2 aliphatic rings. The molecule has 6 nitrogen and oxygen atoms in total. The molecule has 1 heterocycles. The van der Waals surface area contributed by atoms with Gasteiger partial charge in [-0.25, -0.2) is 8.42 Å². The molecule has 1 aromatic rings. The topological polar surface area (TPSA) is 66.9 Å². The van der Waals surface area contributed by atoms with E-state index in [1.54, 1.807) is 18.2 Å². The molecule has 0 bridgehead atoms. The molecule has 2 fully saturated rings. The highest BCUT2D eigenvalue weighted by Gasteiger charge is 2.31. The van der Waals surface area contributed by atoms with Gasteiger partial charge in [0.2, 0.25) is 10.0 Å². The van der Waals surface area contributed by atoms with Gasteiger partial charge in [-0.2, -0.15) is 4.31 Å². The lowest BCUT2D eigenvalue weighted by Gasteiger charge is -2.29. The number of amides is 1. The van der Waals surface area contributed by atoms with Crippen LogP contribution in [0.3, 0.4) is 0 Å². The smallest absolute Gasteiger partial charge is 0.254 e. The highest BCUT2D eigenvalue weighted by atomic mass is 32.2. The summed E-state index contributed by atoms with van der Waals surface area (Å²) in [5, 5.41) is 0. The number of aryl methyl sites for hydroxylation is 1. The van der Waals surface area contributed by atoms with E-state index in [1.807, 2.05) is 18.7 Å². The average molecular weight is 395 g/mol. The van der Waals surface area contributed by atoms with Gasteiger partial charge in [0.05, 0.1) is 18.1 Å². The number of sulfonamides is 1. The third-order valence-corrected chi connectivity index (χ3v) is 7.63. The van der Waals surface area contributed by atoms with E-state index in [0.717, 1.165) is 31.2 Å². The Morgan fingerprint density at radius 1 is 1.19 bits per heavy atom. The summed E-state index contributed by atoms with van der Waals surface area (Å²) >= 11 is 0. The molecule has 0 unspecified atom stereocenters. The van der Waals surface area contributed by atoms with Crippen LogP contribution in [0, 0.1) is 0 Å². The SMILES string of the molecule is CCc1ccc(C(=O)N(CC)C2CCCC2)cc1S(=O)(=O)N1CCOCC1. The first-order valence-electron chi connectivity index (χ1n) is 10.0. The van der Waals surface area contributed by atoms with Crippen LogP contribution in [0.5, 0.6) is 0 Å². The molecule has 0 atom stereocenters. The van der Waals surface area contributed by atoms with Crippen molar-refractivity contribution in [2.24, 2.45) is 0 Å². The summed E-state index contributed by atoms with van der Waals surface area (Å²) < 4.78 is 33.1. The van der Waals surface area contributed by atoms with Crippen molar-refractivity contribution < 1.29 is 17.9 Å². The number of rotatable bonds is 6. The highest BCUT2D eigenvalue weighted by Crippen LogP contribution is 2.27. The van der Waals surface area contributed by atoms with E-state index >= 15 is 0 Å². The zero-order chi connectivity index (χ0) is 19.4. The molecule has 1 aromatic carbocycles. The van der Waals surface area contributed by atoms with Gasteiger partial charge in [0, 0.05) is 31.2 Å². The van der Waals surface area contributed by atoms with Crippen LogP contribution >= 0.6 is 0 Å². The Labute approximate surface area is 162 Å². The summed E-state index contributed by atoms with van der Waals surface area (Å²) in [5.74, 6) is -0.0644. The van der Waals surface area contributed by atoms with E-state index in [4.69, 9.17) is 4.74 Å². The molecule has 1 saturated carbocycles. The standard InChI is InChI=1S/C20H30N2O4S/c1-3-16-9-10-17(20(23)22(4-2)18-7-5-6-8-18)15-19(16)27(24,25)21-11-13-26-14-12-21/h9-10,15,18H,3-8,11-14H2,1-2H3. The number of hydrogen-bond acceptors (Lipinski definition) is 4. The molecule has 27 heavy (non-hydrogen) atoms. The van der Waals surface area contributed by atoms with E-state index in [9.17, 15) is 13.2 Å². The minimum Gasteiger partial charge on any atom is -0.379 e. The molecular weight excluding hydrogens is 364 g/mol. The maximum Gasteiger partial charge on any atom is 0.254 e. The third kappa shape index (κ3) is 4.20. The van der Waals surface area contributed by atoms with Gasteiger partial charge in [-0.15, -0.1) is 0 Å². The van der Waals surface area contributed by atoms with E-state index in [2.05, 4.69) is 0 Å². The number of nitrogens with zero attached hydrogens (tertiary/aromatic N) is 2. The number of morpholine rings is 1. The number of benzene rings is 1. The maximum absolute atomic E-state index is 13.2. The van der Waals surface area contributed by atoms with Crippen LogP contribution < -0.4 is 0 Å². The second-order valence-electron chi connectivity index (χ2n) is 7.22. The van der Waals surface area contributed by atoms with Gasteiger partial charge in [0.15, 0.2) is 0 Å². The summed E-state index contributed by atoms with van der Waals surface area (Å²) in [6, 6.07) is 5.43. The summed E-state index contributed by atoms with van der Waals surface area (Å²) in [4.78, 5) is 15.3. The van der Waals surface area contributed by atoms with Crippen molar-refractivity contribution >= 4 is 15.9 Å². The van der Waals surface area contributed by atoms with Crippen molar-refractivity contribution in [3.8, 4) is 0 Å². The average Bonchev–Trinajstić information content (AvgIpc) is 3.23. The Morgan fingerprint density at radius 3 is 2.44 bits per heavy atom. The van der Waals surface area contributed by atoms with Crippen molar-refractivity contribution in [1.82, 2.24) is 9.21 Å².